The number of esters is 1. The van der Waals surface area contributed by atoms with Gasteiger partial charge >= 0.3 is 5.97 Å². The van der Waals surface area contributed by atoms with Gasteiger partial charge in [-0.05, 0) is 49.6 Å². The molecule has 0 heterocycles. The first-order chi connectivity index (χ1) is 13.7. The standard InChI is InChI=1S/C21H26N2O5S/c1-4-23(19-8-6-5-7-16(19)2)20(24)15-28-21(25)18-11-9-17(10-12-18)13-14-22-29(3,26)27/h5-12,22H,4,13-15H2,1-3H3. The van der Waals surface area contributed by atoms with E-state index in [1.54, 1.807) is 29.2 Å². The second-order valence-corrected chi connectivity index (χ2v) is 8.45. The first-order valence-electron chi connectivity index (χ1n) is 9.28. The predicted octanol–water partition coefficient (Wildman–Crippen LogP) is 2.30. The molecule has 0 unspecified atom stereocenters. The summed E-state index contributed by atoms with van der Waals surface area (Å²) in [4.78, 5) is 26.3. The van der Waals surface area contributed by atoms with Gasteiger partial charge in [-0.3, -0.25) is 4.79 Å². The summed E-state index contributed by atoms with van der Waals surface area (Å²) in [5.41, 5.74) is 2.97. The maximum Gasteiger partial charge on any atom is 0.338 e. The van der Waals surface area contributed by atoms with Gasteiger partial charge in [-0.1, -0.05) is 30.3 Å². The topological polar surface area (TPSA) is 92.8 Å². The molecule has 156 valence electrons. The summed E-state index contributed by atoms with van der Waals surface area (Å²) in [5.74, 6) is -0.876. The Morgan fingerprint density at radius 2 is 1.72 bits per heavy atom. The van der Waals surface area contributed by atoms with Crippen LogP contribution < -0.4 is 9.62 Å². The second kappa shape index (κ2) is 10.2. The number of ether oxygens (including phenoxy) is 1. The average Bonchev–Trinajstić information content (AvgIpc) is 2.67. The molecule has 1 N–H and O–H groups in total. The van der Waals surface area contributed by atoms with Gasteiger partial charge in [-0.2, -0.15) is 0 Å². The molecule has 7 nitrogen and oxygen atoms in total. The highest BCUT2D eigenvalue weighted by atomic mass is 32.2. The molecule has 0 bridgehead atoms. The van der Waals surface area contributed by atoms with Crippen molar-refractivity contribution in [1.29, 1.82) is 0 Å². The minimum Gasteiger partial charge on any atom is -0.452 e. The van der Waals surface area contributed by atoms with Crippen molar-refractivity contribution in [3.63, 3.8) is 0 Å². The lowest BCUT2D eigenvalue weighted by atomic mass is 10.1. The highest BCUT2D eigenvalue weighted by molar-refractivity contribution is 7.88. The van der Waals surface area contributed by atoms with E-state index < -0.39 is 16.0 Å². The molecule has 2 rings (SSSR count). The van der Waals surface area contributed by atoms with Gasteiger partial charge in [0.1, 0.15) is 0 Å². The number of sulfonamides is 1. The Kier molecular flexibility index (Phi) is 7.92. The Morgan fingerprint density at radius 3 is 2.31 bits per heavy atom. The molecule has 0 aliphatic carbocycles. The van der Waals surface area contributed by atoms with Gasteiger partial charge in [0.2, 0.25) is 10.0 Å². The van der Waals surface area contributed by atoms with E-state index in [2.05, 4.69) is 4.72 Å². The molecule has 0 saturated heterocycles. The first-order valence-corrected chi connectivity index (χ1v) is 11.2. The van der Waals surface area contributed by atoms with Gasteiger partial charge in [-0.25, -0.2) is 17.9 Å². The number of para-hydroxylation sites is 1. The molecule has 0 saturated carbocycles. The maximum atomic E-state index is 12.5. The molecule has 0 atom stereocenters. The first kappa shape index (κ1) is 22.6. The molecule has 0 aromatic heterocycles. The minimum absolute atomic E-state index is 0.281. The quantitative estimate of drug-likeness (QED) is 0.631. The third-order valence-corrected chi connectivity index (χ3v) is 5.05. The van der Waals surface area contributed by atoms with Crippen molar-refractivity contribution in [1.82, 2.24) is 4.72 Å². The lowest BCUT2D eigenvalue weighted by Crippen LogP contribution is -2.35. The number of likely N-dealkylation sites (N-methyl/N-ethyl adjacent to an activating group) is 1. The Hall–Kier alpha value is -2.71. The zero-order chi connectivity index (χ0) is 21.4. The van der Waals surface area contributed by atoms with Crippen LogP contribution in [0.3, 0.4) is 0 Å². The van der Waals surface area contributed by atoms with Crippen LogP contribution >= 0.6 is 0 Å². The van der Waals surface area contributed by atoms with E-state index in [9.17, 15) is 18.0 Å². The summed E-state index contributed by atoms with van der Waals surface area (Å²) in [6.07, 6.45) is 1.61. The number of benzene rings is 2. The van der Waals surface area contributed by atoms with Crippen LogP contribution in [0, 0.1) is 6.92 Å². The molecule has 1 amide bonds. The lowest BCUT2D eigenvalue weighted by Gasteiger charge is -2.22. The smallest absolute Gasteiger partial charge is 0.338 e. The molecule has 2 aromatic rings. The molecule has 8 heteroatoms. The third kappa shape index (κ3) is 6.99. The number of carbonyl (C=O) groups is 2. The molecule has 0 fully saturated rings. The fourth-order valence-corrected chi connectivity index (χ4v) is 3.30. The monoisotopic (exact) mass is 418 g/mol. The van der Waals surface area contributed by atoms with E-state index in [1.165, 1.54) is 0 Å². The Morgan fingerprint density at radius 1 is 1.07 bits per heavy atom. The Balaban J connectivity index is 1.91. The maximum absolute atomic E-state index is 12.5. The van der Waals surface area contributed by atoms with E-state index in [0.717, 1.165) is 23.1 Å². The van der Waals surface area contributed by atoms with Gasteiger partial charge in [0.25, 0.3) is 5.91 Å². The van der Waals surface area contributed by atoms with Crippen LogP contribution in [0.25, 0.3) is 0 Å². The van der Waals surface area contributed by atoms with Crippen molar-refractivity contribution in [2.75, 3.05) is 30.9 Å². The molecule has 0 spiro atoms. The van der Waals surface area contributed by atoms with E-state index in [-0.39, 0.29) is 19.1 Å². The summed E-state index contributed by atoms with van der Waals surface area (Å²) >= 11 is 0. The number of nitrogens with zero attached hydrogens (tertiary/aromatic N) is 1. The number of hydrogen-bond donors (Lipinski definition) is 1. The van der Waals surface area contributed by atoms with Gasteiger partial charge in [0, 0.05) is 18.8 Å². The van der Waals surface area contributed by atoms with Crippen molar-refractivity contribution in [2.45, 2.75) is 20.3 Å². The SMILES string of the molecule is CCN(C(=O)COC(=O)c1ccc(CCNS(C)(=O)=O)cc1)c1ccccc1C. The number of hydrogen-bond acceptors (Lipinski definition) is 5. The molecule has 0 aliphatic rings. The molecule has 0 aliphatic heterocycles. The summed E-state index contributed by atoms with van der Waals surface area (Å²) in [7, 11) is -3.22. The fourth-order valence-electron chi connectivity index (χ4n) is 2.82. The van der Waals surface area contributed by atoms with Crippen LogP contribution in [0.2, 0.25) is 0 Å². The zero-order valence-corrected chi connectivity index (χ0v) is 17.7. The molecule has 2 aromatic carbocycles. The minimum atomic E-state index is -3.22. The van der Waals surface area contributed by atoms with Crippen molar-refractivity contribution in [3.8, 4) is 0 Å². The van der Waals surface area contributed by atoms with Crippen molar-refractivity contribution < 1.29 is 22.7 Å². The zero-order valence-electron chi connectivity index (χ0n) is 16.8. The number of anilines is 1. The van der Waals surface area contributed by atoms with Crippen LogP contribution in [-0.4, -0.2) is 46.2 Å². The van der Waals surface area contributed by atoms with Crippen LogP contribution in [0.4, 0.5) is 5.69 Å². The predicted molar refractivity (Wildman–Crippen MR) is 112 cm³/mol. The third-order valence-electron chi connectivity index (χ3n) is 4.32. The van der Waals surface area contributed by atoms with Crippen LogP contribution in [0.1, 0.15) is 28.4 Å². The summed E-state index contributed by atoms with van der Waals surface area (Å²) < 4.78 is 29.7. The Labute approximate surface area is 171 Å². The molecule has 0 radical (unpaired) electrons. The van der Waals surface area contributed by atoms with Crippen molar-refractivity contribution in [3.05, 3.63) is 65.2 Å². The van der Waals surface area contributed by atoms with E-state index >= 15 is 0 Å². The van der Waals surface area contributed by atoms with Crippen molar-refractivity contribution in [2.24, 2.45) is 0 Å². The van der Waals surface area contributed by atoms with E-state index in [0.29, 0.717) is 18.5 Å². The largest absolute Gasteiger partial charge is 0.452 e. The normalized spacial score (nSPS) is 11.1. The number of aryl methyl sites for hydroxylation is 1. The van der Waals surface area contributed by atoms with E-state index in [1.807, 2.05) is 38.1 Å². The molecule has 29 heavy (non-hydrogen) atoms. The highest BCUT2D eigenvalue weighted by Crippen LogP contribution is 2.19. The van der Waals surface area contributed by atoms with Gasteiger partial charge in [-0.15, -0.1) is 0 Å². The summed E-state index contributed by atoms with van der Waals surface area (Å²) in [5, 5.41) is 0. The highest BCUT2D eigenvalue weighted by Gasteiger charge is 2.18. The van der Waals surface area contributed by atoms with Crippen molar-refractivity contribution >= 4 is 27.6 Å². The van der Waals surface area contributed by atoms with Crippen LogP contribution in [0.5, 0.6) is 0 Å². The number of nitrogens with one attached hydrogen (secondary N) is 1. The van der Waals surface area contributed by atoms with Gasteiger partial charge < -0.3 is 9.64 Å². The van der Waals surface area contributed by atoms with Gasteiger partial charge in [0.05, 0.1) is 11.8 Å². The van der Waals surface area contributed by atoms with Gasteiger partial charge in [0.15, 0.2) is 6.61 Å². The fraction of sp³-hybridized carbons (Fsp3) is 0.333. The van der Waals surface area contributed by atoms with Crippen LogP contribution in [0.15, 0.2) is 48.5 Å². The molecular weight excluding hydrogens is 392 g/mol. The summed E-state index contributed by atoms with van der Waals surface area (Å²) in [6, 6.07) is 14.2. The number of rotatable bonds is 9. The molecular formula is C21H26N2O5S. The average molecular weight is 419 g/mol. The number of carbonyl (C=O) groups excluding carboxylic acids is 2. The lowest BCUT2D eigenvalue weighted by molar-refractivity contribution is -0.121. The Bertz CT molecular complexity index is 955. The second-order valence-electron chi connectivity index (χ2n) is 6.61. The van der Waals surface area contributed by atoms with Crippen LogP contribution in [-0.2, 0) is 26.0 Å². The number of amides is 1. The summed E-state index contributed by atoms with van der Waals surface area (Å²) in [6.45, 7) is 4.19. The van der Waals surface area contributed by atoms with E-state index in [4.69, 9.17) is 4.74 Å².